The number of rotatable bonds is 6. The quantitative estimate of drug-likeness (QED) is 0.508. The number of likely N-dealkylation sites (tertiary alicyclic amines) is 1. The second-order valence-electron chi connectivity index (χ2n) is 4.76. The van der Waals surface area contributed by atoms with E-state index < -0.39 is 30.4 Å². The molecular weight excluding hydrogens is 282 g/mol. The number of carbonyl (C=O) groups excluding carboxylic acids is 2. The van der Waals surface area contributed by atoms with Crippen LogP contribution < -0.4 is 10.6 Å². The molecule has 1 fully saturated rings. The van der Waals surface area contributed by atoms with Crippen LogP contribution in [0.4, 0.5) is 4.79 Å². The van der Waals surface area contributed by atoms with Crippen molar-refractivity contribution in [2.24, 2.45) is 0 Å². The van der Waals surface area contributed by atoms with Crippen molar-refractivity contribution in [1.29, 1.82) is 0 Å². The molecule has 1 heterocycles. The molecular formula is C12H19N3O6. The van der Waals surface area contributed by atoms with Crippen molar-refractivity contribution >= 4 is 23.9 Å². The summed E-state index contributed by atoms with van der Waals surface area (Å²) in [5, 5.41) is 21.6. The van der Waals surface area contributed by atoms with Gasteiger partial charge >= 0.3 is 18.0 Å². The molecule has 0 aliphatic carbocycles. The summed E-state index contributed by atoms with van der Waals surface area (Å²) in [7, 11) is 0. The van der Waals surface area contributed by atoms with E-state index >= 15 is 0 Å². The molecule has 0 radical (unpaired) electrons. The highest BCUT2D eigenvalue weighted by atomic mass is 16.4. The summed E-state index contributed by atoms with van der Waals surface area (Å²) in [6.07, 6.45) is 2.20. The summed E-state index contributed by atoms with van der Waals surface area (Å²) in [4.78, 5) is 46.1. The Bertz CT molecular complexity index is 419. The maximum absolute atomic E-state index is 11.8. The van der Waals surface area contributed by atoms with Crippen LogP contribution in [0.15, 0.2) is 0 Å². The minimum atomic E-state index is -1.53. The van der Waals surface area contributed by atoms with E-state index in [1.165, 1.54) is 0 Å². The summed E-state index contributed by atoms with van der Waals surface area (Å²) in [6.45, 7) is 1.06. The molecule has 0 aromatic carbocycles. The number of carbonyl (C=O) groups is 4. The predicted molar refractivity (Wildman–Crippen MR) is 70.6 cm³/mol. The lowest BCUT2D eigenvalue weighted by atomic mass is 10.1. The van der Waals surface area contributed by atoms with E-state index in [0.717, 1.165) is 19.3 Å². The van der Waals surface area contributed by atoms with Crippen molar-refractivity contribution in [3.05, 3.63) is 0 Å². The monoisotopic (exact) mass is 301 g/mol. The molecule has 0 saturated carbocycles. The van der Waals surface area contributed by atoms with E-state index in [0.29, 0.717) is 13.1 Å². The van der Waals surface area contributed by atoms with E-state index in [-0.39, 0.29) is 12.5 Å². The summed E-state index contributed by atoms with van der Waals surface area (Å²) in [5.41, 5.74) is 0. The highest BCUT2D eigenvalue weighted by molar-refractivity contribution is 5.88. The normalized spacial score (nSPS) is 15.9. The average Bonchev–Trinajstić information content (AvgIpc) is 2.44. The number of carboxylic acid groups (broad SMARTS) is 2. The lowest BCUT2D eigenvalue weighted by Crippen LogP contribution is -2.50. The van der Waals surface area contributed by atoms with Crippen LogP contribution in [0.1, 0.15) is 25.7 Å². The fourth-order valence-electron chi connectivity index (χ4n) is 1.99. The second kappa shape index (κ2) is 8.08. The maximum atomic E-state index is 11.8. The first-order chi connectivity index (χ1) is 9.90. The molecule has 3 amide bonds. The fraction of sp³-hybridized carbons (Fsp3) is 0.667. The Morgan fingerprint density at radius 2 is 1.67 bits per heavy atom. The molecule has 9 heteroatoms. The summed E-state index contributed by atoms with van der Waals surface area (Å²) in [5.74, 6) is -3.03. The summed E-state index contributed by atoms with van der Waals surface area (Å²) >= 11 is 0. The first-order valence-electron chi connectivity index (χ1n) is 6.67. The van der Waals surface area contributed by atoms with Crippen molar-refractivity contribution in [2.75, 3.05) is 19.6 Å². The van der Waals surface area contributed by atoms with Crippen molar-refractivity contribution < 1.29 is 29.4 Å². The van der Waals surface area contributed by atoms with E-state index in [1.807, 2.05) is 5.32 Å². The van der Waals surface area contributed by atoms with Crippen molar-refractivity contribution in [2.45, 2.75) is 31.7 Å². The van der Waals surface area contributed by atoms with Crippen LogP contribution in [0, 0.1) is 0 Å². The SMILES string of the molecule is O=C(O)CC(NC(=O)NCC(=O)N1CCCCC1)C(=O)O. The third-order valence-electron chi connectivity index (χ3n) is 3.09. The molecule has 1 aliphatic heterocycles. The van der Waals surface area contributed by atoms with Gasteiger partial charge in [-0.25, -0.2) is 9.59 Å². The molecule has 21 heavy (non-hydrogen) atoms. The van der Waals surface area contributed by atoms with Gasteiger partial charge < -0.3 is 25.7 Å². The lowest BCUT2D eigenvalue weighted by molar-refractivity contribution is -0.145. The molecule has 0 aromatic rings. The number of nitrogens with zero attached hydrogens (tertiary/aromatic N) is 1. The van der Waals surface area contributed by atoms with Gasteiger partial charge in [-0.3, -0.25) is 9.59 Å². The molecule has 1 aliphatic rings. The van der Waals surface area contributed by atoms with Crippen LogP contribution in [-0.4, -0.2) is 64.7 Å². The van der Waals surface area contributed by atoms with Gasteiger partial charge in [0.1, 0.15) is 6.04 Å². The first-order valence-corrected chi connectivity index (χ1v) is 6.67. The Hall–Kier alpha value is -2.32. The fourth-order valence-corrected chi connectivity index (χ4v) is 1.99. The van der Waals surface area contributed by atoms with Crippen molar-refractivity contribution in [3.63, 3.8) is 0 Å². The molecule has 1 unspecified atom stereocenters. The zero-order chi connectivity index (χ0) is 15.8. The van der Waals surface area contributed by atoms with Crippen LogP contribution in [0.3, 0.4) is 0 Å². The van der Waals surface area contributed by atoms with Gasteiger partial charge in [-0.05, 0) is 19.3 Å². The van der Waals surface area contributed by atoms with E-state index in [9.17, 15) is 19.2 Å². The predicted octanol–water partition coefficient (Wildman–Crippen LogP) is -0.774. The van der Waals surface area contributed by atoms with Gasteiger partial charge in [0.2, 0.25) is 5.91 Å². The van der Waals surface area contributed by atoms with E-state index in [1.54, 1.807) is 4.90 Å². The van der Waals surface area contributed by atoms with Gasteiger partial charge in [-0.2, -0.15) is 0 Å². The molecule has 1 rings (SSSR count). The Balaban J connectivity index is 2.36. The van der Waals surface area contributed by atoms with Gasteiger partial charge in [0.25, 0.3) is 0 Å². The number of hydrogen-bond donors (Lipinski definition) is 4. The number of urea groups is 1. The van der Waals surface area contributed by atoms with Crippen LogP contribution in [0.2, 0.25) is 0 Å². The summed E-state index contributed by atoms with van der Waals surface area (Å²) in [6, 6.07) is -2.42. The highest BCUT2D eigenvalue weighted by Gasteiger charge is 2.23. The molecule has 0 bridgehead atoms. The van der Waals surface area contributed by atoms with Gasteiger partial charge in [-0.15, -0.1) is 0 Å². The van der Waals surface area contributed by atoms with Crippen LogP contribution in [0.25, 0.3) is 0 Å². The standard InChI is InChI=1S/C12H19N3O6/c16-9(15-4-2-1-3-5-15)7-13-12(21)14-8(11(19)20)6-10(17)18/h8H,1-7H2,(H,17,18)(H,19,20)(H2,13,14,21). The largest absolute Gasteiger partial charge is 0.481 e. The molecule has 1 saturated heterocycles. The van der Waals surface area contributed by atoms with Gasteiger partial charge in [0, 0.05) is 13.1 Å². The molecule has 4 N–H and O–H groups in total. The number of aliphatic carboxylic acids is 2. The highest BCUT2D eigenvalue weighted by Crippen LogP contribution is 2.08. The van der Waals surface area contributed by atoms with Gasteiger partial charge in [-0.1, -0.05) is 0 Å². The second-order valence-corrected chi connectivity index (χ2v) is 4.76. The topological polar surface area (TPSA) is 136 Å². The number of amides is 3. The Labute approximate surface area is 121 Å². The Morgan fingerprint density at radius 1 is 1.05 bits per heavy atom. The maximum Gasteiger partial charge on any atom is 0.326 e. The molecule has 1 atom stereocenters. The first kappa shape index (κ1) is 16.7. The number of piperidine rings is 1. The van der Waals surface area contributed by atoms with Gasteiger partial charge in [0.05, 0.1) is 13.0 Å². The van der Waals surface area contributed by atoms with Crippen LogP contribution in [-0.2, 0) is 14.4 Å². The third kappa shape index (κ3) is 6.11. The Morgan fingerprint density at radius 3 is 2.19 bits per heavy atom. The molecule has 9 nitrogen and oxygen atoms in total. The van der Waals surface area contributed by atoms with Crippen LogP contribution in [0.5, 0.6) is 0 Å². The van der Waals surface area contributed by atoms with Crippen molar-refractivity contribution in [3.8, 4) is 0 Å². The number of carboxylic acids is 2. The average molecular weight is 301 g/mol. The summed E-state index contributed by atoms with van der Waals surface area (Å²) < 4.78 is 0. The van der Waals surface area contributed by atoms with Crippen molar-refractivity contribution in [1.82, 2.24) is 15.5 Å². The molecule has 118 valence electrons. The number of nitrogens with one attached hydrogen (secondary N) is 2. The van der Waals surface area contributed by atoms with E-state index in [4.69, 9.17) is 10.2 Å². The third-order valence-corrected chi connectivity index (χ3v) is 3.09. The zero-order valence-electron chi connectivity index (χ0n) is 11.5. The van der Waals surface area contributed by atoms with Gasteiger partial charge in [0.15, 0.2) is 0 Å². The zero-order valence-corrected chi connectivity index (χ0v) is 11.5. The number of hydrogen-bond acceptors (Lipinski definition) is 4. The Kier molecular flexibility index (Phi) is 6.44. The molecule has 0 spiro atoms. The minimum absolute atomic E-state index is 0.241. The van der Waals surface area contributed by atoms with Crippen LogP contribution >= 0.6 is 0 Å². The molecule has 0 aromatic heterocycles. The lowest BCUT2D eigenvalue weighted by Gasteiger charge is -2.26. The smallest absolute Gasteiger partial charge is 0.326 e. The van der Waals surface area contributed by atoms with E-state index in [2.05, 4.69) is 5.32 Å². The minimum Gasteiger partial charge on any atom is -0.481 e.